The van der Waals surface area contributed by atoms with E-state index in [0.717, 1.165) is 0 Å². The average molecular weight is 287 g/mol. The molecule has 0 saturated carbocycles. The molecule has 0 aromatic heterocycles. The van der Waals surface area contributed by atoms with Gasteiger partial charge < -0.3 is 4.52 Å². The van der Waals surface area contributed by atoms with Gasteiger partial charge in [-0.05, 0) is 26.0 Å². The van der Waals surface area contributed by atoms with Crippen molar-refractivity contribution in [1.29, 1.82) is 0 Å². The Hall–Kier alpha value is -1.39. The number of nitro groups is 1. The van der Waals surface area contributed by atoms with Gasteiger partial charge in [0.1, 0.15) is 5.75 Å². The van der Waals surface area contributed by atoms with Crippen molar-refractivity contribution >= 4 is 13.3 Å². The van der Waals surface area contributed by atoms with Crippen molar-refractivity contribution in [2.75, 3.05) is 0 Å². The summed E-state index contributed by atoms with van der Waals surface area (Å²) in [6, 6.07) is 5.43. The highest BCUT2D eigenvalue weighted by atomic mass is 31.2. The SMILES string of the molecule is CC(C)OP(=O)(Oc1ccc([N+](=O)[O-])cc1)C(C)C. The third-order valence-electron chi connectivity index (χ3n) is 2.27. The van der Waals surface area contributed by atoms with Crippen LogP contribution in [0.15, 0.2) is 24.3 Å². The maximum Gasteiger partial charge on any atom is 0.381 e. The monoisotopic (exact) mass is 287 g/mol. The molecule has 0 amide bonds. The Balaban J connectivity index is 2.91. The highest BCUT2D eigenvalue weighted by molar-refractivity contribution is 7.55. The van der Waals surface area contributed by atoms with Crippen molar-refractivity contribution in [3.63, 3.8) is 0 Å². The topological polar surface area (TPSA) is 78.7 Å². The molecule has 106 valence electrons. The van der Waals surface area contributed by atoms with Crippen LogP contribution in [-0.2, 0) is 9.09 Å². The molecule has 6 nitrogen and oxygen atoms in total. The molecule has 1 aromatic carbocycles. The number of benzene rings is 1. The predicted molar refractivity (Wildman–Crippen MR) is 72.7 cm³/mol. The van der Waals surface area contributed by atoms with Crippen LogP contribution in [0.2, 0.25) is 0 Å². The molecule has 1 atom stereocenters. The number of hydrogen-bond acceptors (Lipinski definition) is 5. The lowest BCUT2D eigenvalue weighted by molar-refractivity contribution is -0.384. The van der Waals surface area contributed by atoms with Crippen LogP contribution in [0.25, 0.3) is 0 Å². The number of non-ortho nitro benzene ring substituents is 1. The van der Waals surface area contributed by atoms with Gasteiger partial charge in [-0.1, -0.05) is 13.8 Å². The van der Waals surface area contributed by atoms with E-state index in [1.54, 1.807) is 27.7 Å². The summed E-state index contributed by atoms with van der Waals surface area (Å²) in [6.07, 6.45) is -0.230. The van der Waals surface area contributed by atoms with E-state index in [4.69, 9.17) is 9.05 Å². The summed E-state index contributed by atoms with van der Waals surface area (Å²) in [5.41, 5.74) is -0.346. The summed E-state index contributed by atoms with van der Waals surface area (Å²) in [7, 11) is -3.28. The van der Waals surface area contributed by atoms with Crippen molar-refractivity contribution in [3.8, 4) is 5.75 Å². The second-order valence-electron chi connectivity index (χ2n) is 4.63. The van der Waals surface area contributed by atoms with E-state index in [2.05, 4.69) is 0 Å². The molecule has 0 heterocycles. The minimum atomic E-state index is -3.28. The summed E-state index contributed by atoms with van der Waals surface area (Å²) >= 11 is 0. The van der Waals surface area contributed by atoms with Gasteiger partial charge in [-0.2, -0.15) is 0 Å². The molecule has 7 heteroatoms. The largest absolute Gasteiger partial charge is 0.424 e. The second kappa shape index (κ2) is 6.17. The molecule has 0 aliphatic carbocycles. The van der Waals surface area contributed by atoms with Crippen molar-refractivity contribution < 1.29 is 18.5 Å². The summed E-state index contributed by atoms with van der Waals surface area (Å²) in [6.45, 7) is 7.03. The highest BCUT2D eigenvalue weighted by Crippen LogP contribution is 2.53. The van der Waals surface area contributed by atoms with E-state index in [1.165, 1.54) is 24.3 Å². The molecule has 1 rings (SSSR count). The Bertz CT molecular complexity index is 483. The van der Waals surface area contributed by atoms with Gasteiger partial charge in [0.2, 0.25) is 0 Å². The fourth-order valence-electron chi connectivity index (χ4n) is 1.32. The van der Waals surface area contributed by atoms with Gasteiger partial charge >= 0.3 is 7.60 Å². The lowest BCUT2D eigenvalue weighted by Gasteiger charge is -2.24. The first-order chi connectivity index (χ1) is 8.74. The zero-order valence-electron chi connectivity index (χ0n) is 11.4. The summed E-state index contributed by atoms with van der Waals surface area (Å²) in [5.74, 6) is 0.295. The normalized spacial score (nSPS) is 14.4. The smallest absolute Gasteiger partial charge is 0.381 e. The van der Waals surface area contributed by atoms with Crippen molar-refractivity contribution in [2.45, 2.75) is 39.5 Å². The van der Waals surface area contributed by atoms with Gasteiger partial charge in [0.15, 0.2) is 0 Å². The quantitative estimate of drug-likeness (QED) is 0.449. The van der Waals surface area contributed by atoms with Crippen LogP contribution in [0, 0.1) is 10.1 Å². The average Bonchev–Trinajstić information content (AvgIpc) is 2.28. The molecule has 19 heavy (non-hydrogen) atoms. The highest BCUT2D eigenvalue weighted by Gasteiger charge is 2.32. The van der Waals surface area contributed by atoms with Crippen molar-refractivity contribution in [1.82, 2.24) is 0 Å². The zero-order valence-corrected chi connectivity index (χ0v) is 12.3. The molecule has 0 fully saturated rings. The van der Waals surface area contributed by atoms with Gasteiger partial charge in [0.25, 0.3) is 5.69 Å². The minimum absolute atomic E-state index is 0.0449. The number of nitro benzene ring substituents is 1. The maximum absolute atomic E-state index is 12.5. The predicted octanol–water partition coefficient (Wildman–Crippen LogP) is 4.00. The first-order valence-corrected chi connectivity index (χ1v) is 7.58. The van der Waals surface area contributed by atoms with Crippen LogP contribution < -0.4 is 4.52 Å². The molecule has 1 aromatic rings. The first-order valence-electron chi connectivity index (χ1n) is 5.97. The fourth-order valence-corrected chi connectivity index (χ4v) is 2.82. The molecular weight excluding hydrogens is 269 g/mol. The maximum atomic E-state index is 12.5. The van der Waals surface area contributed by atoms with Crippen molar-refractivity contribution in [3.05, 3.63) is 34.4 Å². The van der Waals surface area contributed by atoms with E-state index < -0.39 is 12.5 Å². The zero-order chi connectivity index (χ0) is 14.6. The molecule has 0 aliphatic rings. The van der Waals surface area contributed by atoms with Crippen LogP contribution in [0.1, 0.15) is 27.7 Å². The van der Waals surface area contributed by atoms with E-state index in [9.17, 15) is 14.7 Å². The summed E-state index contributed by atoms with van der Waals surface area (Å²) < 4.78 is 23.3. The molecule has 0 spiro atoms. The number of hydrogen-bond donors (Lipinski definition) is 0. The van der Waals surface area contributed by atoms with Gasteiger partial charge in [0, 0.05) is 12.1 Å². The fraction of sp³-hybridized carbons (Fsp3) is 0.500. The second-order valence-corrected chi connectivity index (χ2v) is 7.14. The number of nitrogens with zero attached hydrogens (tertiary/aromatic N) is 1. The van der Waals surface area contributed by atoms with Gasteiger partial charge in [-0.3, -0.25) is 14.6 Å². The van der Waals surface area contributed by atoms with Crippen molar-refractivity contribution in [2.24, 2.45) is 0 Å². The third kappa shape index (κ3) is 4.33. The van der Waals surface area contributed by atoms with E-state index in [1.807, 2.05) is 0 Å². The molecule has 0 saturated heterocycles. The molecule has 1 unspecified atom stereocenters. The van der Waals surface area contributed by atoms with Crippen LogP contribution in [0.4, 0.5) is 5.69 Å². The Morgan fingerprint density at radius 1 is 1.16 bits per heavy atom. The van der Waals surface area contributed by atoms with Crippen LogP contribution in [0.3, 0.4) is 0 Å². The summed E-state index contributed by atoms with van der Waals surface area (Å²) in [4.78, 5) is 10.0. The molecule has 0 N–H and O–H groups in total. The standard InChI is InChI=1S/C12H18NO5P/c1-9(2)17-19(16,10(3)4)18-12-7-5-11(6-8-12)13(14)15/h5-10H,1-4H3. The molecule has 0 radical (unpaired) electrons. The number of rotatable bonds is 6. The third-order valence-corrected chi connectivity index (χ3v) is 4.72. The molecule has 0 aliphatic heterocycles. The lowest BCUT2D eigenvalue weighted by Crippen LogP contribution is -2.12. The Morgan fingerprint density at radius 3 is 2.05 bits per heavy atom. The van der Waals surface area contributed by atoms with E-state index in [0.29, 0.717) is 5.75 Å². The Kier molecular flexibility index (Phi) is 5.09. The molecule has 0 bridgehead atoms. The van der Waals surface area contributed by atoms with Crippen LogP contribution in [-0.4, -0.2) is 16.7 Å². The van der Waals surface area contributed by atoms with E-state index >= 15 is 0 Å². The summed E-state index contributed by atoms with van der Waals surface area (Å²) in [5, 5.41) is 10.5. The lowest BCUT2D eigenvalue weighted by atomic mass is 10.3. The molecular formula is C12H18NO5P. The van der Waals surface area contributed by atoms with Gasteiger partial charge in [-0.25, -0.2) is 4.57 Å². The van der Waals surface area contributed by atoms with Gasteiger partial charge in [-0.15, -0.1) is 0 Å². The van der Waals surface area contributed by atoms with Gasteiger partial charge in [0.05, 0.1) is 16.7 Å². The first kappa shape index (κ1) is 15.7. The van der Waals surface area contributed by atoms with Crippen LogP contribution >= 0.6 is 7.60 Å². The Labute approximate surface area is 112 Å². The van der Waals surface area contributed by atoms with Crippen LogP contribution in [0.5, 0.6) is 5.75 Å². The minimum Gasteiger partial charge on any atom is -0.424 e. The van der Waals surface area contributed by atoms with E-state index in [-0.39, 0.29) is 17.5 Å². The Morgan fingerprint density at radius 2 is 1.68 bits per heavy atom.